The highest BCUT2D eigenvalue weighted by molar-refractivity contribution is 5.91. The molecule has 2 saturated heterocycles. The van der Waals surface area contributed by atoms with Gasteiger partial charge in [-0.1, -0.05) is 42.5 Å². The maximum absolute atomic E-state index is 13.0. The number of methoxy groups -OCH3 is 1. The fourth-order valence-corrected chi connectivity index (χ4v) is 4.27. The molecular weight excluding hydrogens is 294 g/mol. The second kappa shape index (κ2) is 4.68. The molecule has 1 spiro atoms. The van der Waals surface area contributed by atoms with E-state index in [0.717, 1.165) is 5.56 Å². The first-order valence-electron chi connectivity index (χ1n) is 7.80. The van der Waals surface area contributed by atoms with Gasteiger partial charge in [-0.2, -0.15) is 0 Å². The molecule has 0 saturated carbocycles. The van der Waals surface area contributed by atoms with Crippen LogP contribution in [-0.4, -0.2) is 41.6 Å². The van der Waals surface area contributed by atoms with Crippen LogP contribution in [0.4, 0.5) is 0 Å². The average Bonchev–Trinajstić information content (AvgIpc) is 3.11. The highest BCUT2D eigenvalue weighted by Crippen LogP contribution is 2.57. The van der Waals surface area contributed by atoms with Crippen molar-refractivity contribution in [2.24, 2.45) is 11.8 Å². The molecule has 1 aromatic rings. The van der Waals surface area contributed by atoms with Crippen LogP contribution in [0.3, 0.4) is 0 Å². The van der Waals surface area contributed by atoms with Gasteiger partial charge in [0, 0.05) is 6.54 Å². The number of ether oxygens (including phenoxy) is 2. The van der Waals surface area contributed by atoms with E-state index in [1.165, 1.54) is 7.11 Å². The van der Waals surface area contributed by atoms with Crippen molar-refractivity contribution in [1.29, 1.82) is 0 Å². The number of amides is 1. The molecule has 4 rings (SSSR count). The van der Waals surface area contributed by atoms with Crippen molar-refractivity contribution in [3.8, 4) is 0 Å². The Bertz CT molecular complexity index is 700. The lowest BCUT2D eigenvalue weighted by Gasteiger charge is -2.28. The van der Waals surface area contributed by atoms with Gasteiger partial charge in [0.15, 0.2) is 0 Å². The van der Waals surface area contributed by atoms with Crippen LogP contribution in [0.5, 0.6) is 0 Å². The van der Waals surface area contributed by atoms with E-state index in [2.05, 4.69) is 0 Å². The number of carbonyl (C=O) groups is 2. The van der Waals surface area contributed by atoms with Crippen LogP contribution in [0.15, 0.2) is 42.5 Å². The van der Waals surface area contributed by atoms with Crippen molar-refractivity contribution in [3.63, 3.8) is 0 Å². The number of carbonyl (C=O) groups excluding carboxylic acids is 2. The van der Waals surface area contributed by atoms with E-state index >= 15 is 0 Å². The summed E-state index contributed by atoms with van der Waals surface area (Å²) in [6.45, 7) is 2.86. The van der Waals surface area contributed by atoms with Crippen LogP contribution in [0, 0.1) is 11.8 Å². The number of likely N-dealkylation sites (tertiary alicyclic amines) is 1. The Labute approximate surface area is 134 Å². The van der Waals surface area contributed by atoms with Crippen LogP contribution in [-0.2, 0) is 25.6 Å². The second-order valence-electron chi connectivity index (χ2n) is 6.73. The first-order chi connectivity index (χ1) is 11.0. The average molecular weight is 313 g/mol. The van der Waals surface area contributed by atoms with Crippen LogP contribution in [0.25, 0.3) is 0 Å². The summed E-state index contributed by atoms with van der Waals surface area (Å²) in [6, 6.07) is 9.84. The first-order valence-corrected chi connectivity index (χ1v) is 7.80. The third-order valence-electron chi connectivity index (χ3n) is 5.27. The number of rotatable bonds is 3. The van der Waals surface area contributed by atoms with Crippen molar-refractivity contribution < 1.29 is 19.1 Å². The maximum atomic E-state index is 13.0. The molecule has 0 N–H and O–H groups in total. The second-order valence-corrected chi connectivity index (χ2v) is 6.73. The smallest absolute Gasteiger partial charge is 0.312 e. The molecule has 5 nitrogen and oxygen atoms in total. The third kappa shape index (κ3) is 1.89. The van der Waals surface area contributed by atoms with Gasteiger partial charge in [0.1, 0.15) is 11.5 Å². The molecule has 0 unspecified atom stereocenters. The summed E-state index contributed by atoms with van der Waals surface area (Å²) in [6.07, 6.45) is 3.87. The summed E-state index contributed by atoms with van der Waals surface area (Å²) in [5, 5.41) is 0. The molecule has 3 heterocycles. The third-order valence-corrected chi connectivity index (χ3v) is 5.27. The lowest BCUT2D eigenvalue weighted by Crippen LogP contribution is -2.43. The number of hydrogen-bond donors (Lipinski definition) is 0. The number of benzene rings is 1. The van der Waals surface area contributed by atoms with Crippen molar-refractivity contribution in [2.75, 3.05) is 13.7 Å². The Hall–Kier alpha value is -2.14. The zero-order valence-electron chi connectivity index (χ0n) is 13.2. The summed E-state index contributed by atoms with van der Waals surface area (Å²) < 4.78 is 11.1. The zero-order chi connectivity index (χ0) is 16.2. The fourth-order valence-electron chi connectivity index (χ4n) is 4.27. The molecule has 2 fully saturated rings. The fraction of sp³-hybridized carbons (Fsp3) is 0.444. The minimum atomic E-state index is -0.744. The van der Waals surface area contributed by atoms with Gasteiger partial charge in [0.25, 0.3) is 0 Å². The predicted molar refractivity (Wildman–Crippen MR) is 82.2 cm³/mol. The molecule has 0 aliphatic carbocycles. The zero-order valence-corrected chi connectivity index (χ0v) is 13.2. The van der Waals surface area contributed by atoms with Crippen LogP contribution < -0.4 is 0 Å². The summed E-state index contributed by atoms with van der Waals surface area (Å²) in [5.74, 6) is -1.48. The Kier molecular flexibility index (Phi) is 2.94. The SMILES string of the molecule is COC(=O)[C@@H]1[C@@H]2C(=O)N(Cc3ccccc3)C[C@@]23C=C[C@@]1(C)O3. The minimum absolute atomic E-state index is 0.0303. The van der Waals surface area contributed by atoms with Crippen molar-refractivity contribution in [3.05, 3.63) is 48.0 Å². The number of nitrogens with zero attached hydrogens (tertiary/aromatic N) is 1. The molecule has 1 amide bonds. The van der Waals surface area contributed by atoms with E-state index < -0.39 is 23.0 Å². The van der Waals surface area contributed by atoms with Crippen LogP contribution in [0.1, 0.15) is 12.5 Å². The molecule has 0 radical (unpaired) electrons. The topological polar surface area (TPSA) is 55.8 Å². The summed E-state index contributed by atoms with van der Waals surface area (Å²) >= 11 is 0. The highest BCUT2D eigenvalue weighted by atomic mass is 16.6. The predicted octanol–water partition coefficient (Wildman–Crippen LogP) is 1.53. The first kappa shape index (κ1) is 14.5. The van der Waals surface area contributed by atoms with Crippen LogP contribution >= 0.6 is 0 Å². The highest BCUT2D eigenvalue weighted by Gasteiger charge is 2.71. The van der Waals surface area contributed by atoms with Gasteiger partial charge in [-0.05, 0) is 12.5 Å². The number of esters is 1. The Balaban J connectivity index is 1.66. The van der Waals surface area contributed by atoms with Gasteiger partial charge in [-0.25, -0.2) is 0 Å². The lowest BCUT2D eigenvalue weighted by atomic mass is 9.72. The van der Waals surface area contributed by atoms with E-state index in [1.54, 1.807) is 4.90 Å². The van der Waals surface area contributed by atoms with Crippen molar-refractivity contribution in [2.45, 2.75) is 24.7 Å². The van der Waals surface area contributed by atoms with Gasteiger partial charge < -0.3 is 14.4 Å². The minimum Gasteiger partial charge on any atom is -0.469 e. The molecule has 5 heteroatoms. The van der Waals surface area contributed by atoms with E-state index in [1.807, 2.05) is 49.4 Å². The van der Waals surface area contributed by atoms with Gasteiger partial charge in [0.2, 0.25) is 5.91 Å². The van der Waals surface area contributed by atoms with Gasteiger partial charge in [-0.15, -0.1) is 0 Å². The van der Waals surface area contributed by atoms with Crippen molar-refractivity contribution in [1.82, 2.24) is 4.90 Å². The van der Waals surface area contributed by atoms with Gasteiger partial charge in [-0.3, -0.25) is 9.59 Å². The largest absolute Gasteiger partial charge is 0.469 e. The van der Waals surface area contributed by atoms with E-state index in [9.17, 15) is 9.59 Å². The normalized spacial score (nSPS) is 37.3. The molecule has 2 bridgehead atoms. The van der Waals surface area contributed by atoms with E-state index in [4.69, 9.17) is 9.47 Å². The monoisotopic (exact) mass is 313 g/mol. The Morgan fingerprint density at radius 2 is 2.09 bits per heavy atom. The molecule has 0 aromatic heterocycles. The number of fused-ring (bicyclic) bond motifs is 1. The van der Waals surface area contributed by atoms with Gasteiger partial charge >= 0.3 is 5.97 Å². The quantitative estimate of drug-likeness (QED) is 0.627. The van der Waals surface area contributed by atoms with Gasteiger partial charge in [0.05, 0.1) is 25.2 Å². The molecule has 3 aliphatic rings. The van der Waals surface area contributed by atoms with E-state index in [-0.39, 0.29) is 11.9 Å². The summed E-state index contributed by atoms with van der Waals surface area (Å²) in [4.78, 5) is 27.0. The Morgan fingerprint density at radius 1 is 1.35 bits per heavy atom. The van der Waals surface area contributed by atoms with Crippen molar-refractivity contribution >= 4 is 11.9 Å². The van der Waals surface area contributed by atoms with E-state index in [0.29, 0.717) is 13.1 Å². The molecular formula is C18H19NO4. The molecule has 23 heavy (non-hydrogen) atoms. The molecule has 4 atom stereocenters. The maximum Gasteiger partial charge on any atom is 0.312 e. The lowest BCUT2D eigenvalue weighted by molar-refractivity contribution is -0.154. The molecule has 1 aromatic carbocycles. The Morgan fingerprint density at radius 3 is 2.78 bits per heavy atom. The van der Waals surface area contributed by atoms with Crippen LogP contribution in [0.2, 0.25) is 0 Å². The molecule has 3 aliphatic heterocycles. The molecule has 120 valence electrons. The summed E-state index contributed by atoms with van der Waals surface area (Å²) in [7, 11) is 1.36. The number of hydrogen-bond acceptors (Lipinski definition) is 4. The standard InChI is InChI=1S/C18H19NO4/c1-17-8-9-18(23-17)11-19(10-12-6-4-3-5-7-12)15(20)13(18)14(17)16(21)22-2/h3-9,13-14H,10-11H2,1-2H3/t13-,14+,17-,18+/m1/s1. The summed E-state index contributed by atoms with van der Waals surface area (Å²) in [5.41, 5.74) is -0.372.